The van der Waals surface area contributed by atoms with Crippen LogP contribution in [0.1, 0.15) is 44.7 Å². The lowest BCUT2D eigenvalue weighted by Gasteiger charge is -2.29. The number of hydrogen-bond acceptors (Lipinski definition) is 6. The lowest BCUT2D eigenvalue weighted by molar-refractivity contribution is -0.136. The van der Waals surface area contributed by atoms with Crippen molar-refractivity contribution in [1.82, 2.24) is 25.5 Å². The van der Waals surface area contributed by atoms with Crippen LogP contribution in [0.25, 0.3) is 22.2 Å². The molecule has 1 fully saturated rings. The Kier molecular flexibility index (Phi) is 5.88. The SMILES string of the molecule is O=C1CCC(N2Cc3cc(CNC(=O)c4cc(-c5ccncc5)nc5ccccc45)ccc3C2=O)C(=O)N1. The maximum absolute atomic E-state index is 13.3. The summed E-state index contributed by atoms with van der Waals surface area (Å²) in [6.45, 7) is 0.548. The first-order chi connectivity index (χ1) is 18.5. The van der Waals surface area contributed by atoms with Crippen molar-refractivity contribution in [3.05, 3.63) is 95.3 Å². The topological polar surface area (TPSA) is 121 Å². The molecule has 4 heterocycles. The quantitative estimate of drug-likeness (QED) is 0.402. The zero-order chi connectivity index (χ0) is 26.2. The molecular weight excluding hydrogens is 482 g/mol. The number of amides is 4. The number of para-hydroxylation sites is 1. The molecule has 2 aliphatic heterocycles. The van der Waals surface area contributed by atoms with E-state index in [0.29, 0.717) is 23.2 Å². The third kappa shape index (κ3) is 4.28. The summed E-state index contributed by atoms with van der Waals surface area (Å²) >= 11 is 0. The fourth-order valence-corrected chi connectivity index (χ4v) is 5.05. The molecule has 0 aliphatic carbocycles. The Bertz CT molecular complexity index is 1620. The highest BCUT2D eigenvalue weighted by atomic mass is 16.2. The highest BCUT2D eigenvalue weighted by Crippen LogP contribution is 2.29. The molecule has 2 aliphatic rings. The van der Waals surface area contributed by atoms with E-state index < -0.39 is 11.9 Å². The molecule has 4 amide bonds. The van der Waals surface area contributed by atoms with Crippen LogP contribution in [0.4, 0.5) is 0 Å². The first-order valence-corrected chi connectivity index (χ1v) is 12.3. The Balaban J connectivity index is 1.21. The average molecular weight is 506 g/mol. The number of benzene rings is 2. The second-order valence-corrected chi connectivity index (χ2v) is 9.38. The van der Waals surface area contributed by atoms with Crippen LogP contribution in [-0.2, 0) is 22.7 Å². The van der Waals surface area contributed by atoms with Gasteiger partial charge in [-0.2, -0.15) is 0 Å². The zero-order valence-electron chi connectivity index (χ0n) is 20.3. The van der Waals surface area contributed by atoms with Crippen molar-refractivity contribution in [2.24, 2.45) is 0 Å². The third-order valence-corrected chi connectivity index (χ3v) is 6.98. The predicted molar refractivity (Wildman–Crippen MR) is 139 cm³/mol. The van der Waals surface area contributed by atoms with Gasteiger partial charge in [0.25, 0.3) is 11.8 Å². The molecule has 1 saturated heterocycles. The molecule has 9 heteroatoms. The van der Waals surface area contributed by atoms with E-state index in [9.17, 15) is 19.2 Å². The molecule has 0 spiro atoms. The molecule has 0 radical (unpaired) electrons. The van der Waals surface area contributed by atoms with Crippen molar-refractivity contribution in [2.45, 2.75) is 32.0 Å². The number of carbonyl (C=O) groups excluding carboxylic acids is 4. The van der Waals surface area contributed by atoms with Gasteiger partial charge < -0.3 is 10.2 Å². The minimum Gasteiger partial charge on any atom is -0.348 e. The van der Waals surface area contributed by atoms with Crippen molar-refractivity contribution in [3.63, 3.8) is 0 Å². The molecule has 1 atom stereocenters. The van der Waals surface area contributed by atoms with Crippen molar-refractivity contribution in [3.8, 4) is 11.3 Å². The Morgan fingerprint density at radius 2 is 1.84 bits per heavy atom. The molecule has 2 N–H and O–H groups in total. The maximum atomic E-state index is 13.3. The number of hydrogen-bond donors (Lipinski definition) is 2. The van der Waals surface area contributed by atoms with Crippen LogP contribution in [0.5, 0.6) is 0 Å². The Morgan fingerprint density at radius 3 is 2.66 bits per heavy atom. The van der Waals surface area contributed by atoms with E-state index in [1.165, 1.54) is 4.90 Å². The number of pyridine rings is 2. The van der Waals surface area contributed by atoms with Gasteiger partial charge in [0.1, 0.15) is 6.04 Å². The van der Waals surface area contributed by atoms with Gasteiger partial charge >= 0.3 is 0 Å². The Labute approximate surface area is 217 Å². The number of imide groups is 1. The van der Waals surface area contributed by atoms with E-state index in [0.717, 1.165) is 27.6 Å². The fourth-order valence-electron chi connectivity index (χ4n) is 5.05. The van der Waals surface area contributed by atoms with Crippen LogP contribution < -0.4 is 10.6 Å². The minimum atomic E-state index is -0.662. The van der Waals surface area contributed by atoms with E-state index in [1.54, 1.807) is 30.6 Å². The molecule has 0 bridgehead atoms. The molecule has 38 heavy (non-hydrogen) atoms. The average Bonchev–Trinajstić information content (AvgIpc) is 3.26. The van der Waals surface area contributed by atoms with Crippen molar-refractivity contribution < 1.29 is 19.2 Å². The van der Waals surface area contributed by atoms with Gasteiger partial charge in [-0.1, -0.05) is 30.3 Å². The second kappa shape index (κ2) is 9.51. The summed E-state index contributed by atoms with van der Waals surface area (Å²) in [7, 11) is 0. The zero-order valence-corrected chi connectivity index (χ0v) is 20.3. The van der Waals surface area contributed by atoms with Crippen molar-refractivity contribution >= 4 is 34.5 Å². The van der Waals surface area contributed by atoms with Gasteiger partial charge in [-0.25, -0.2) is 4.98 Å². The summed E-state index contributed by atoms with van der Waals surface area (Å²) in [5, 5.41) is 6.06. The van der Waals surface area contributed by atoms with Gasteiger partial charge in [0, 0.05) is 48.4 Å². The number of nitrogens with one attached hydrogen (secondary N) is 2. The summed E-state index contributed by atoms with van der Waals surface area (Å²) < 4.78 is 0. The lowest BCUT2D eigenvalue weighted by atomic mass is 10.0. The number of nitrogens with zero attached hydrogens (tertiary/aromatic N) is 3. The highest BCUT2D eigenvalue weighted by molar-refractivity contribution is 6.07. The van der Waals surface area contributed by atoms with E-state index >= 15 is 0 Å². The fraction of sp³-hybridized carbons (Fsp3) is 0.172. The van der Waals surface area contributed by atoms with Gasteiger partial charge in [-0.05, 0) is 47.9 Å². The monoisotopic (exact) mass is 505 g/mol. The van der Waals surface area contributed by atoms with Crippen molar-refractivity contribution in [1.29, 1.82) is 0 Å². The second-order valence-electron chi connectivity index (χ2n) is 9.38. The first kappa shape index (κ1) is 23.5. The van der Waals surface area contributed by atoms with Crippen LogP contribution in [0, 0.1) is 0 Å². The largest absolute Gasteiger partial charge is 0.348 e. The number of carbonyl (C=O) groups is 4. The van der Waals surface area contributed by atoms with Gasteiger partial charge in [-0.3, -0.25) is 29.5 Å². The van der Waals surface area contributed by atoms with E-state index in [1.807, 2.05) is 42.5 Å². The highest BCUT2D eigenvalue weighted by Gasteiger charge is 2.39. The van der Waals surface area contributed by atoms with Crippen LogP contribution in [0.3, 0.4) is 0 Å². The first-order valence-electron chi connectivity index (χ1n) is 12.3. The van der Waals surface area contributed by atoms with Crippen molar-refractivity contribution in [2.75, 3.05) is 0 Å². The minimum absolute atomic E-state index is 0.209. The maximum Gasteiger partial charge on any atom is 0.255 e. The number of aromatic nitrogens is 2. The van der Waals surface area contributed by atoms with Crippen LogP contribution in [0.15, 0.2) is 73.1 Å². The smallest absolute Gasteiger partial charge is 0.255 e. The summed E-state index contributed by atoms with van der Waals surface area (Å²) in [4.78, 5) is 60.4. The number of piperidine rings is 1. The lowest BCUT2D eigenvalue weighted by Crippen LogP contribution is -2.52. The van der Waals surface area contributed by atoms with Gasteiger partial charge in [0.05, 0.1) is 16.8 Å². The number of fused-ring (bicyclic) bond motifs is 2. The van der Waals surface area contributed by atoms with Gasteiger partial charge in [-0.15, -0.1) is 0 Å². The third-order valence-electron chi connectivity index (χ3n) is 6.98. The van der Waals surface area contributed by atoms with Crippen LogP contribution in [-0.4, -0.2) is 44.5 Å². The molecule has 0 saturated carbocycles. The normalized spacial score (nSPS) is 16.9. The van der Waals surface area contributed by atoms with E-state index in [2.05, 4.69) is 15.6 Å². The summed E-state index contributed by atoms with van der Waals surface area (Å²) in [6.07, 6.45) is 3.90. The number of rotatable bonds is 5. The summed E-state index contributed by atoms with van der Waals surface area (Å²) in [5.41, 5.74) is 4.94. The predicted octanol–water partition coefficient (Wildman–Crippen LogP) is 2.99. The van der Waals surface area contributed by atoms with Crippen LogP contribution in [0.2, 0.25) is 0 Å². The summed E-state index contributed by atoms with van der Waals surface area (Å²) in [5.74, 6) is -1.22. The Hall–Kier alpha value is -4.92. The van der Waals surface area contributed by atoms with Crippen LogP contribution >= 0.6 is 0 Å². The van der Waals surface area contributed by atoms with E-state index in [4.69, 9.17) is 4.98 Å². The molecule has 2 aromatic carbocycles. The standard InChI is InChI=1S/C29H23N5O4/c35-26-8-7-25(28(37)33-26)34-16-19-13-17(5-6-20(19)29(34)38)15-31-27(36)22-14-24(18-9-11-30-12-10-18)32-23-4-2-1-3-21(22)23/h1-6,9-14,25H,7-8,15-16H2,(H,31,36)(H,33,35,37). The Morgan fingerprint density at radius 1 is 1.03 bits per heavy atom. The van der Waals surface area contributed by atoms with Gasteiger partial charge in [0.2, 0.25) is 11.8 Å². The molecular formula is C29H23N5O4. The summed E-state index contributed by atoms with van der Waals surface area (Å²) in [6, 6.07) is 17.7. The van der Waals surface area contributed by atoms with Gasteiger partial charge in [0.15, 0.2) is 0 Å². The molecule has 6 rings (SSSR count). The van der Waals surface area contributed by atoms with E-state index in [-0.39, 0.29) is 37.2 Å². The molecule has 1 unspecified atom stereocenters. The molecule has 2 aromatic heterocycles. The molecule has 4 aromatic rings. The molecule has 188 valence electrons. The molecule has 9 nitrogen and oxygen atoms in total.